The van der Waals surface area contributed by atoms with Crippen molar-refractivity contribution in [2.75, 3.05) is 26.2 Å². The highest BCUT2D eigenvalue weighted by Crippen LogP contribution is 2.09. The van der Waals surface area contributed by atoms with Crippen LogP contribution < -0.4 is 0 Å². The van der Waals surface area contributed by atoms with Crippen molar-refractivity contribution in [2.45, 2.75) is 33.6 Å². The average molecular weight is 226 g/mol. The van der Waals surface area contributed by atoms with Crippen LogP contribution in [0.1, 0.15) is 33.6 Å². The average Bonchev–Trinajstić information content (AvgIpc) is 2.26. The van der Waals surface area contributed by atoms with Crippen LogP contribution in [0.4, 0.5) is 0 Å². The number of hydrogen-bond acceptors (Lipinski definition) is 2. The lowest BCUT2D eigenvalue weighted by atomic mass is 10.1. The summed E-state index contributed by atoms with van der Waals surface area (Å²) in [5.74, 6) is 0.911. The minimum Gasteiger partial charge on any atom is -0.339 e. The Bertz CT molecular complexity index is 256. The first kappa shape index (κ1) is 13.0. The van der Waals surface area contributed by atoms with Crippen LogP contribution in [0, 0.1) is 5.92 Å². The summed E-state index contributed by atoms with van der Waals surface area (Å²) in [6, 6.07) is 0. The summed E-state index contributed by atoms with van der Waals surface area (Å²) in [6.07, 6.45) is 1.59. The molecule has 4 nitrogen and oxygen atoms in total. The molecule has 92 valence electrons. The summed E-state index contributed by atoms with van der Waals surface area (Å²) < 4.78 is 0. The molecule has 0 atom stereocenters. The Balaban J connectivity index is 2.30. The maximum Gasteiger partial charge on any atom is 0.222 e. The van der Waals surface area contributed by atoms with Gasteiger partial charge in [-0.1, -0.05) is 13.8 Å². The molecule has 1 rings (SSSR count). The highest BCUT2D eigenvalue weighted by molar-refractivity contribution is 5.77. The molecular weight excluding hydrogens is 204 g/mol. The molecule has 0 spiro atoms. The first-order valence-electron chi connectivity index (χ1n) is 6.04. The molecule has 0 aromatic heterocycles. The number of hydrogen-bond donors (Lipinski definition) is 0. The van der Waals surface area contributed by atoms with Crippen molar-refractivity contribution in [3.8, 4) is 0 Å². The lowest BCUT2D eigenvalue weighted by Crippen LogP contribution is -2.50. The van der Waals surface area contributed by atoms with Crippen molar-refractivity contribution >= 4 is 11.8 Å². The third kappa shape index (κ3) is 3.83. The highest BCUT2D eigenvalue weighted by atomic mass is 16.2. The van der Waals surface area contributed by atoms with Gasteiger partial charge in [0.15, 0.2) is 0 Å². The Morgan fingerprint density at radius 3 is 2.00 bits per heavy atom. The molecular formula is C12H22N2O2. The summed E-state index contributed by atoms with van der Waals surface area (Å²) in [7, 11) is 0. The molecule has 0 N–H and O–H groups in total. The maximum absolute atomic E-state index is 11.8. The van der Waals surface area contributed by atoms with Gasteiger partial charge in [0.05, 0.1) is 0 Å². The Kier molecular flexibility index (Phi) is 4.77. The van der Waals surface area contributed by atoms with Gasteiger partial charge >= 0.3 is 0 Å². The fraction of sp³-hybridized carbons (Fsp3) is 0.833. The number of piperazine rings is 1. The number of carbonyl (C=O) groups is 2. The quantitative estimate of drug-likeness (QED) is 0.723. The van der Waals surface area contributed by atoms with Crippen LogP contribution in [-0.2, 0) is 9.59 Å². The monoisotopic (exact) mass is 226 g/mol. The smallest absolute Gasteiger partial charge is 0.222 e. The molecule has 1 aliphatic heterocycles. The van der Waals surface area contributed by atoms with E-state index in [1.807, 2.05) is 4.90 Å². The number of rotatable bonds is 3. The summed E-state index contributed by atoms with van der Waals surface area (Å²) in [6.45, 7) is 8.58. The van der Waals surface area contributed by atoms with Crippen molar-refractivity contribution < 1.29 is 9.59 Å². The van der Waals surface area contributed by atoms with E-state index in [1.165, 1.54) is 0 Å². The fourth-order valence-corrected chi connectivity index (χ4v) is 1.84. The van der Waals surface area contributed by atoms with Gasteiger partial charge in [-0.05, 0) is 12.3 Å². The normalized spacial score (nSPS) is 16.8. The molecule has 1 fully saturated rings. The van der Waals surface area contributed by atoms with E-state index in [2.05, 4.69) is 13.8 Å². The van der Waals surface area contributed by atoms with Gasteiger partial charge in [0.1, 0.15) is 0 Å². The Hall–Kier alpha value is -1.06. The maximum atomic E-state index is 11.8. The lowest BCUT2D eigenvalue weighted by Gasteiger charge is -2.34. The second-order valence-corrected chi connectivity index (χ2v) is 4.82. The number of carbonyl (C=O) groups excluding carboxylic acids is 2. The topological polar surface area (TPSA) is 40.6 Å². The zero-order valence-electron chi connectivity index (χ0n) is 10.5. The Morgan fingerprint density at radius 1 is 1.06 bits per heavy atom. The van der Waals surface area contributed by atoms with Crippen LogP contribution in [0.3, 0.4) is 0 Å². The van der Waals surface area contributed by atoms with E-state index in [0.29, 0.717) is 38.5 Å². The van der Waals surface area contributed by atoms with E-state index < -0.39 is 0 Å². The first-order valence-corrected chi connectivity index (χ1v) is 6.04. The summed E-state index contributed by atoms with van der Waals surface area (Å²) in [5.41, 5.74) is 0. The van der Waals surface area contributed by atoms with Gasteiger partial charge in [-0.25, -0.2) is 0 Å². The summed E-state index contributed by atoms with van der Waals surface area (Å²) >= 11 is 0. The van der Waals surface area contributed by atoms with Gasteiger partial charge in [-0.2, -0.15) is 0 Å². The molecule has 0 unspecified atom stereocenters. The Morgan fingerprint density at radius 2 is 1.56 bits per heavy atom. The molecule has 0 aromatic carbocycles. The van der Waals surface area contributed by atoms with E-state index in [-0.39, 0.29) is 11.8 Å². The van der Waals surface area contributed by atoms with Crippen molar-refractivity contribution in [3.63, 3.8) is 0 Å². The first-order chi connectivity index (χ1) is 7.50. The highest BCUT2D eigenvalue weighted by Gasteiger charge is 2.21. The van der Waals surface area contributed by atoms with Crippen LogP contribution in [0.5, 0.6) is 0 Å². The predicted molar refractivity (Wildman–Crippen MR) is 62.9 cm³/mol. The molecule has 16 heavy (non-hydrogen) atoms. The van der Waals surface area contributed by atoms with Crippen LogP contribution in [0.2, 0.25) is 0 Å². The van der Waals surface area contributed by atoms with E-state index in [1.54, 1.807) is 11.8 Å². The van der Waals surface area contributed by atoms with Crippen molar-refractivity contribution in [1.82, 2.24) is 9.80 Å². The van der Waals surface area contributed by atoms with Gasteiger partial charge < -0.3 is 9.80 Å². The van der Waals surface area contributed by atoms with Crippen molar-refractivity contribution in [3.05, 3.63) is 0 Å². The predicted octanol–water partition coefficient (Wildman–Crippen LogP) is 1.11. The molecule has 0 bridgehead atoms. The van der Waals surface area contributed by atoms with Gasteiger partial charge in [0, 0.05) is 39.5 Å². The molecule has 2 amide bonds. The van der Waals surface area contributed by atoms with E-state index >= 15 is 0 Å². The molecule has 1 aliphatic rings. The lowest BCUT2D eigenvalue weighted by molar-refractivity contribution is -0.138. The molecule has 1 saturated heterocycles. The SMILES string of the molecule is CC(=O)N1CCN(C(=O)CCC(C)C)CC1. The molecule has 0 saturated carbocycles. The van der Waals surface area contributed by atoms with Crippen molar-refractivity contribution in [1.29, 1.82) is 0 Å². The molecule has 0 aromatic rings. The largest absolute Gasteiger partial charge is 0.339 e. The van der Waals surface area contributed by atoms with E-state index in [4.69, 9.17) is 0 Å². The third-order valence-electron chi connectivity index (χ3n) is 3.01. The molecule has 1 heterocycles. The fourth-order valence-electron chi connectivity index (χ4n) is 1.84. The van der Waals surface area contributed by atoms with Crippen LogP contribution in [0.15, 0.2) is 0 Å². The summed E-state index contributed by atoms with van der Waals surface area (Å²) in [5, 5.41) is 0. The van der Waals surface area contributed by atoms with E-state index in [9.17, 15) is 9.59 Å². The van der Waals surface area contributed by atoms with Gasteiger partial charge in [0.25, 0.3) is 0 Å². The van der Waals surface area contributed by atoms with Crippen LogP contribution in [-0.4, -0.2) is 47.8 Å². The molecule has 0 radical (unpaired) electrons. The van der Waals surface area contributed by atoms with E-state index in [0.717, 1.165) is 6.42 Å². The molecule has 4 heteroatoms. The zero-order chi connectivity index (χ0) is 12.1. The minimum absolute atomic E-state index is 0.106. The molecule has 0 aliphatic carbocycles. The third-order valence-corrected chi connectivity index (χ3v) is 3.01. The Labute approximate surface area is 97.6 Å². The number of amides is 2. The van der Waals surface area contributed by atoms with Gasteiger partial charge in [-0.3, -0.25) is 9.59 Å². The van der Waals surface area contributed by atoms with Crippen LogP contribution >= 0.6 is 0 Å². The van der Waals surface area contributed by atoms with Crippen LogP contribution in [0.25, 0.3) is 0 Å². The second kappa shape index (κ2) is 5.87. The second-order valence-electron chi connectivity index (χ2n) is 4.82. The number of nitrogens with zero attached hydrogens (tertiary/aromatic N) is 2. The summed E-state index contributed by atoms with van der Waals surface area (Å²) in [4.78, 5) is 26.6. The van der Waals surface area contributed by atoms with Gasteiger partial charge in [-0.15, -0.1) is 0 Å². The van der Waals surface area contributed by atoms with Gasteiger partial charge in [0.2, 0.25) is 11.8 Å². The minimum atomic E-state index is 0.106. The standard InChI is InChI=1S/C12H22N2O2/c1-10(2)4-5-12(16)14-8-6-13(7-9-14)11(3)15/h10H,4-9H2,1-3H3. The van der Waals surface area contributed by atoms with Crippen molar-refractivity contribution in [2.24, 2.45) is 5.92 Å². The zero-order valence-corrected chi connectivity index (χ0v) is 10.5.